The van der Waals surface area contributed by atoms with Crippen molar-refractivity contribution in [2.75, 3.05) is 44.7 Å². The summed E-state index contributed by atoms with van der Waals surface area (Å²) in [6.45, 7) is 5.43. The van der Waals surface area contributed by atoms with Crippen LogP contribution in [0.4, 0.5) is 10.1 Å². The van der Waals surface area contributed by atoms with Crippen LogP contribution in [-0.4, -0.2) is 44.3 Å². The highest BCUT2D eigenvalue weighted by Gasteiger charge is 2.08. The second-order valence-corrected chi connectivity index (χ2v) is 3.89. The maximum atomic E-state index is 12.9. The maximum absolute atomic E-state index is 12.9. The molecule has 1 N–H and O–H groups in total. The number of ether oxygens (including phenoxy) is 1. The molecule has 1 aliphatic heterocycles. The van der Waals surface area contributed by atoms with Crippen molar-refractivity contribution in [3.05, 3.63) is 30.1 Å². The predicted octanol–water partition coefficient (Wildman–Crippen LogP) is 1.57. The molecule has 2 rings (SSSR count). The molecule has 0 radical (unpaired) electrons. The zero-order valence-electron chi connectivity index (χ0n) is 9.29. The summed E-state index contributed by atoms with van der Waals surface area (Å²) < 4.78 is 18.2. The quantitative estimate of drug-likeness (QED) is 0.840. The smallest absolute Gasteiger partial charge is 0.125 e. The van der Waals surface area contributed by atoms with Gasteiger partial charge in [0.1, 0.15) is 5.82 Å². The van der Waals surface area contributed by atoms with E-state index in [2.05, 4.69) is 10.2 Å². The molecule has 1 fully saturated rings. The fourth-order valence-corrected chi connectivity index (χ4v) is 1.78. The third kappa shape index (κ3) is 3.47. The van der Waals surface area contributed by atoms with E-state index >= 15 is 0 Å². The van der Waals surface area contributed by atoms with Gasteiger partial charge in [-0.3, -0.25) is 4.90 Å². The van der Waals surface area contributed by atoms with Crippen LogP contribution in [0.5, 0.6) is 0 Å². The highest BCUT2D eigenvalue weighted by molar-refractivity contribution is 5.42. The number of hydrogen-bond acceptors (Lipinski definition) is 3. The molecule has 1 aliphatic rings. The van der Waals surface area contributed by atoms with E-state index in [0.29, 0.717) is 0 Å². The standard InChI is InChI=1S/C12H17FN2O/c13-11-2-1-3-12(10-11)14-4-5-15-6-8-16-9-7-15/h1-3,10,14H,4-9H2. The molecule has 1 saturated heterocycles. The van der Waals surface area contributed by atoms with Crippen molar-refractivity contribution in [3.63, 3.8) is 0 Å². The summed E-state index contributed by atoms with van der Waals surface area (Å²) in [4.78, 5) is 2.34. The van der Waals surface area contributed by atoms with Crippen molar-refractivity contribution in [2.24, 2.45) is 0 Å². The number of nitrogens with zero attached hydrogens (tertiary/aromatic N) is 1. The number of halogens is 1. The van der Waals surface area contributed by atoms with Gasteiger partial charge in [-0.25, -0.2) is 4.39 Å². The van der Waals surface area contributed by atoms with Gasteiger partial charge in [-0.2, -0.15) is 0 Å². The molecule has 3 nitrogen and oxygen atoms in total. The number of benzene rings is 1. The molecule has 1 heterocycles. The fraction of sp³-hybridized carbons (Fsp3) is 0.500. The van der Waals surface area contributed by atoms with E-state index in [9.17, 15) is 4.39 Å². The van der Waals surface area contributed by atoms with Crippen molar-refractivity contribution in [3.8, 4) is 0 Å². The summed E-state index contributed by atoms with van der Waals surface area (Å²) in [6.07, 6.45) is 0. The van der Waals surface area contributed by atoms with Crippen LogP contribution in [0, 0.1) is 5.82 Å². The lowest BCUT2D eigenvalue weighted by Crippen LogP contribution is -2.39. The van der Waals surface area contributed by atoms with Gasteiger partial charge in [0.05, 0.1) is 13.2 Å². The molecule has 0 saturated carbocycles. The Bertz CT molecular complexity index is 327. The van der Waals surface area contributed by atoms with Crippen molar-refractivity contribution in [2.45, 2.75) is 0 Å². The third-order valence-corrected chi connectivity index (χ3v) is 2.69. The summed E-state index contributed by atoms with van der Waals surface area (Å²) in [7, 11) is 0. The summed E-state index contributed by atoms with van der Waals surface area (Å²) in [5, 5.41) is 3.21. The van der Waals surface area contributed by atoms with Gasteiger partial charge >= 0.3 is 0 Å². The second kappa shape index (κ2) is 5.82. The molecule has 0 unspecified atom stereocenters. The molecule has 1 aromatic carbocycles. The zero-order chi connectivity index (χ0) is 11.2. The summed E-state index contributed by atoms with van der Waals surface area (Å²) in [6, 6.07) is 6.56. The first kappa shape index (κ1) is 11.4. The minimum absolute atomic E-state index is 0.198. The Morgan fingerprint density at radius 2 is 2.12 bits per heavy atom. The Morgan fingerprint density at radius 1 is 1.31 bits per heavy atom. The lowest BCUT2D eigenvalue weighted by molar-refractivity contribution is 0.0398. The molecular weight excluding hydrogens is 207 g/mol. The number of nitrogens with one attached hydrogen (secondary N) is 1. The first-order valence-corrected chi connectivity index (χ1v) is 5.64. The van der Waals surface area contributed by atoms with Gasteiger partial charge in [-0.15, -0.1) is 0 Å². The Morgan fingerprint density at radius 3 is 2.88 bits per heavy atom. The van der Waals surface area contributed by atoms with Crippen LogP contribution in [0.2, 0.25) is 0 Å². The van der Waals surface area contributed by atoms with Crippen LogP contribution in [0.15, 0.2) is 24.3 Å². The molecule has 0 spiro atoms. The minimum atomic E-state index is -0.198. The van der Waals surface area contributed by atoms with Gasteiger partial charge in [0, 0.05) is 31.9 Å². The van der Waals surface area contributed by atoms with Gasteiger partial charge in [0.15, 0.2) is 0 Å². The first-order chi connectivity index (χ1) is 7.84. The molecule has 0 amide bonds. The van der Waals surface area contributed by atoms with Crippen molar-refractivity contribution >= 4 is 5.69 Å². The lowest BCUT2D eigenvalue weighted by atomic mass is 10.3. The fourth-order valence-electron chi connectivity index (χ4n) is 1.78. The van der Waals surface area contributed by atoms with E-state index in [1.54, 1.807) is 6.07 Å². The molecule has 0 aromatic heterocycles. The molecular formula is C12H17FN2O. The van der Waals surface area contributed by atoms with Gasteiger partial charge in [0.2, 0.25) is 0 Å². The molecule has 4 heteroatoms. The van der Waals surface area contributed by atoms with Crippen LogP contribution < -0.4 is 5.32 Å². The summed E-state index contributed by atoms with van der Waals surface area (Å²) in [5.41, 5.74) is 0.841. The summed E-state index contributed by atoms with van der Waals surface area (Å²) >= 11 is 0. The zero-order valence-corrected chi connectivity index (χ0v) is 9.29. The number of anilines is 1. The Balaban J connectivity index is 1.71. The third-order valence-electron chi connectivity index (χ3n) is 2.69. The largest absolute Gasteiger partial charge is 0.384 e. The van der Waals surface area contributed by atoms with Crippen LogP contribution in [0.3, 0.4) is 0 Å². The van der Waals surface area contributed by atoms with E-state index < -0.39 is 0 Å². The van der Waals surface area contributed by atoms with E-state index in [1.807, 2.05) is 6.07 Å². The molecule has 0 aliphatic carbocycles. The van der Waals surface area contributed by atoms with Crippen molar-refractivity contribution in [1.29, 1.82) is 0 Å². The van der Waals surface area contributed by atoms with Crippen LogP contribution in [0.25, 0.3) is 0 Å². The molecule has 1 aromatic rings. The average Bonchev–Trinajstić information content (AvgIpc) is 2.30. The Hall–Kier alpha value is -1.13. The Kier molecular flexibility index (Phi) is 4.13. The van der Waals surface area contributed by atoms with E-state index in [4.69, 9.17) is 4.74 Å². The van der Waals surface area contributed by atoms with Crippen molar-refractivity contribution in [1.82, 2.24) is 4.90 Å². The molecule has 0 atom stereocenters. The second-order valence-electron chi connectivity index (χ2n) is 3.89. The molecule has 16 heavy (non-hydrogen) atoms. The van der Waals surface area contributed by atoms with E-state index in [0.717, 1.165) is 45.1 Å². The first-order valence-electron chi connectivity index (χ1n) is 5.64. The van der Waals surface area contributed by atoms with Crippen LogP contribution in [0.1, 0.15) is 0 Å². The van der Waals surface area contributed by atoms with Crippen molar-refractivity contribution < 1.29 is 9.13 Å². The maximum Gasteiger partial charge on any atom is 0.125 e. The topological polar surface area (TPSA) is 24.5 Å². The number of hydrogen-bond donors (Lipinski definition) is 1. The van der Waals surface area contributed by atoms with E-state index in [1.165, 1.54) is 12.1 Å². The molecule has 88 valence electrons. The van der Waals surface area contributed by atoms with Gasteiger partial charge in [-0.05, 0) is 18.2 Å². The SMILES string of the molecule is Fc1cccc(NCCN2CCOCC2)c1. The predicted molar refractivity (Wildman–Crippen MR) is 62.1 cm³/mol. The monoisotopic (exact) mass is 224 g/mol. The van der Waals surface area contributed by atoms with Crippen LogP contribution in [-0.2, 0) is 4.74 Å². The Labute approximate surface area is 95.2 Å². The van der Waals surface area contributed by atoms with Gasteiger partial charge < -0.3 is 10.1 Å². The van der Waals surface area contributed by atoms with Gasteiger partial charge in [0.25, 0.3) is 0 Å². The average molecular weight is 224 g/mol. The summed E-state index contributed by atoms with van der Waals surface area (Å²) in [5.74, 6) is -0.198. The molecule has 0 bridgehead atoms. The lowest BCUT2D eigenvalue weighted by Gasteiger charge is -2.26. The van der Waals surface area contributed by atoms with E-state index in [-0.39, 0.29) is 5.82 Å². The highest BCUT2D eigenvalue weighted by atomic mass is 19.1. The van der Waals surface area contributed by atoms with Gasteiger partial charge in [-0.1, -0.05) is 6.07 Å². The highest BCUT2D eigenvalue weighted by Crippen LogP contribution is 2.08. The normalized spacial score (nSPS) is 17.3. The van der Waals surface area contributed by atoms with Crippen LogP contribution >= 0.6 is 0 Å². The minimum Gasteiger partial charge on any atom is -0.384 e. The number of rotatable bonds is 4. The number of morpholine rings is 1.